The van der Waals surface area contributed by atoms with Gasteiger partial charge in [-0.3, -0.25) is 9.59 Å². The number of benzene rings is 1. The molecule has 0 spiro atoms. The van der Waals surface area contributed by atoms with Crippen molar-refractivity contribution in [3.05, 3.63) is 29.8 Å². The van der Waals surface area contributed by atoms with Gasteiger partial charge in [-0.2, -0.15) is 0 Å². The maximum absolute atomic E-state index is 11.6. The molecule has 5 nitrogen and oxygen atoms in total. The Balaban J connectivity index is 2.56. The second-order valence-electron chi connectivity index (χ2n) is 3.98. The van der Waals surface area contributed by atoms with Crippen molar-refractivity contribution in [1.82, 2.24) is 0 Å². The van der Waals surface area contributed by atoms with Crippen LogP contribution < -0.4 is 11.1 Å². The second kappa shape index (κ2) is 6.88. The summed E-state index contributed by atoms with van der Waals surface area (Å²) in [6, 6.07) is 6.74. The summed E-state index contributed by atoms with van der Waals surface area (Å²) in [7, 11) is 1.52. The van der Waals surface area contributed by atoms with Crippen LogP contribution in [0.3, 0.4) is 0 Å². The normalized spacial score (nSPS) is 11.9. The number of ether oxygens (including phenoxy) is 1. The van der Waals surface area contributed by atoms with Crippen molar-refractivity contribution in [2.75, 3.05) is 19.0 Å². The van der Waals surface area contributed by atoms with Gasteiger partial charge in [-0.25, -0.2) is 0 Å². The Morgan fingerprint density at radius 2 is 1.94 bits per heavy atom. The number of nitrogens with one attached hydrogen (secondary N) is 1. The molecule has 0 aliphatic carbocycles. The number of carbonyl (C=O) groups is 2. The molecule has 0 radical (unpaired) electrons. The summed E-state index contributed by atoms with van der Waals surface area (Å²) in [6.45, 7) is 1.80. The zero-order valence-corrected chi connectivity index (χ0v) is 10.6. The van der Waals surface area contributed by atoms with Gasteiger partial charge in [0.2, 0.25) is 5.91 Å². The van der Waals surface area contributed by atoms with E-state index in [0.29, 0.717) is 17.8 Å². The monoisotopic (exact) mass is 250 g/mol. The number of rotatable bonds is 6. The van der Waals surface area contributed by atoms with Crippen LogP contribution in [0.4, 0.5) is 5.69 Å². The van der Waals surface area contributed by atoms with Crippen LogP contribution in [0, 0.1) is 0 Å². The maximum atomic E-state index is 11.6. The van der Waals surface area contributed by atoms with Gasteiger partial charge in [0.1, 0.15) is 0 Å². The summed E-state index contributed by atoms with van der Waals surface area (Å²) >= 11 is 0. The first-order chi connectivity index (χ1) is 8.56. The summed E-state index contributed by atoms with van der Waals surface area (Å²) in [6.07, 6.45) is -0.0666. The topological polar surface area (TPSA) is 81.4 Å². The third kappa shape index (κ3) is 4.27. The van der Waals surface area contributed by atoms with Gasteiger partial charge in [-0.1, -0.05) is 0 Å². The fourth-order valence-corrected chi connectivity index (χ4v) is 1.47. The number of hydrogen-bond donors (Lipinski definition) is 2. The van der Waals surface area contributed by atoms with Gasteiger partial charge in [-0.15, -0.1) is 0 Å². The molecule has 1 aromatic carbocycles. The van der Waals surface area contributed by atoms with E-state index >= 15 is 0 Å². The molecule has 1 unspecified atom stereocenters. The van der Waals surface area contributed by atoms with E-state index in [2.05, 4.69) is 5.32 Å². The molecule has 1 amide bonds. The molecule has 1 rings (SSSR count). The lowest BCUT2D eigenvalue weighted by molar-refractivity contribution is -0.118. The van der Waals surface area contributed by atoms with Gasteiger partial charge in [0, 0.05) is 24.9 Å². The summed E-state index contributed by atoms with van der Waals surface area (Å²) in [5.41, 5.74) is 6.70. The number of carbonyl (C=O) groups excluding carboxylic acids is 2. The van der Waals surface area contributed by atoms with Gasteiger partial charge < -0.3 is 15.8 Å². The predicted molar refractivity (Wildman–Crippen MR) is 69.5 cm³/mol. The smallest absolute Gasteiger partial charge is 0.227 e. The second-order valence-corrected chi connectivity index (χ2v) is 3.98. The molecule has 98 valence electrons. The lowest BCUT2D eigenvalue weighted by Gasteiger charge is -2.12. The zero-order valence-electron chi connectivity index (χ0n) is 10.6. The molecular formula is C13H18N2O3. The van der Waals surface area contributed by atoms with E-state index in [1.807, 2.05) is 0 Å². The van der Waals surface area contributed by atoms with Crippen molar-refractivity contribution in [3.8, 4) is 0 Å². The van der Waals surface area contributed by atoms with Crippen LogP contribution in [0.2, 0.25) is 0 Å². The molecule has 0 saturated carbocycles. The molecule has 18 heavy (non-hydrogen) atoms. The lowest BCUT2D eigenvalue weighted by atomic mass is 10.1. The van der Waals surface area contributed by atoms with Gasteiger partial charge in [0.15, 0.2) is 5.78 Å². The maximum Gasteiger partial charge on any atom is 0.227 e. The molecule has 1 atom stereocenters. The lowest BCUT2D eigenvalue weighted by Crippen LogP contribution is -2.28. The van der Waals surface area contributed by atoms with Gasteiger partial charge >= 0.3 is 0 Å². The fourth-order valence-electron chi connectivity index (χ4n) is 1.47. The Morgan fingerprint density at radius 1 is 1.33 bits per heavy atom. The number of anilines is 1. The van der Waals surface area contributed by atoms with Crippen LogP contribution in [-0.2, 0) is 9.53 Å². The van der Waals surface area contributed by atoms with Crippen molar-refractivity contribution >= 4 is 17.4 Å². The molecule has 0 fully saturated rings. The minimum absolute atomic E-state index is 0.00421. The SMILES string of the molecule is COC(CN)CC(=O)Nc1ccc(C(C)=O)cc1. The largest absolute Gasteiger partial charge is 0.380 e. The van der Waals surface area contributed by atoms with Gasteiger partial charge in [-0.05, 0) is 31.2 Å². The van der Waals surface area contributed by atoms with E-state index in [9.17, 15) is 9.59 Å². The fraction of sp³-hybridized carbons (Fsp3) is 0.385. The molecule has 0 bridgehead atoms. The highest BCUT2D eigenvalue weighted by atomic mass is 16.5. The van der Waals surface area contributed by atoms with E-state index in [1.165, 1.54) is 14.0 Å². The number of ketones is 1. The van der Waals surface area contributed by atoms with Crippen molar-refractivity contribution < 1.29 is 14.3 Å². The zero-order chi connectivity index (χ0) is 13.5. The number of Topliss-reactive ketones (excluding diaryl/α,β-unsaturated/α-hetero) is 1. The third-order valence-corrected chi connectivity index (χ3v) is 2.58. The molecule has 0 aliphatic rings. The summed E-state index contributed by atoms with van der Waals surface area (Å²) in [4.78, 5) is 22.7. The minimum atomic E-state index is -0.276. The predicted octanol–water partition coefficient (Wildman–Crippen LogP) is 1.19. The quantitative estimate of drug-likeness (QED) is 0.743. The number of nitrogens with two attached hydrogens (primary N) is 1. The van der Waals surface area contributed by atoms with Gasteiger partial charge in [0.25, 0.3) is 0 Å². The number of amides is 1. The van der Waals surface area contributed by atoms with Crippen LogP contribution in [0.1, 0.15) is 23.7 Å². The molecule has 3 N–H and O–H groups in total. The Hall–Kier alpha value is -1.72. The Labute approximate surface area is 106 Å². The molecule has 1 aromatic rings. The third-order valence-electron chi connectivity index (χ3n) is 2.58. The first kappa shape index (κ1) is 14.3. The van der Waals surface area contributed by atoms with Crippen molar-refractivity contribution in [1.29, 1.82) is 0 Å². The first-order valence-electron chi connectivity index (χ1n) is 5.70. The molecule has 0 aromatic heterocycles. The Kier molecular flexibility index (Phi) is 5.48. The average molecular weight is 250 g/mol. The molecule has 0 aliphatic heterocycles. The average Bonchev–Trinajstić information content (AvgIpc) is 2.36. The van der Waals surface area contributed by atoms with Crippen molar-refractivity contribution in [2.45, 2.75) is 19.4 Å². The number of methoxy groups -OCH3 is 1. The highest BCUT2D eigenvalue weighted by Gasteiger charge is 2.11. The molecular weight excluding hydrogens is 232 g/mol. The van der Waals surface area contributed by atoms with E-state index in [4.69, 9.17) is 10.5 Å². The van der Waals surface area contributed by atoms with Crippen LogP contribution in [0.5, 0.6) is 0 Å². The molecule has 0 heterocycles. The number of hydrogen-bond acceptors (Lipinski definition) is 4. The molecule has 0 saturated heterocycles. The van der Waals surface area contributed by atoms with Crippen LogP contribution in [0.15, 0.2) is 24.3 Å². The minimum Gasteiger partial charge on any atom is -0.380 e. The Morgan fingerprint density at radius 3 is 2.39 bits per heavy atom. The Bertz CT molecular complexity index is 411. The summed E-state index contributed by atoms with van der Waals surface area (Å²) < 4.78 is 5.03. The summed E-state index contributed by atoms with van der Waals surface area (Å²) in [5.74, 6) is -0.168. The van der Waals surface area contributed by atoms with Gasteiger partial charge in [0.05, 0.1) is 12.5 Å². The van der Waals surface area contributed by atoms with E-state index in [-0.39, 0.29) is 24.2 Å². The highest BCUT2D eigenvalue weighted by molar-refractivity contribution is 5.95. The standard InChI is InChI=1S/C13H18N2O3/c1-9(16)10-3-5-11(6-4-10)15-13(17)7-12(8-14)18-2/h3-6,12H,7-8,14H2,1-2H3,(H,15,17). The van der Waals surface area contributed by atoms with E-state index < -0.39 is 0 Å². The highest BCUT2D eigenvalue weighted by Crippen LogP contribution is 2.11. The van der Waals surface area contributed by atoms with Crippen molar-refractivity contribution in [3.63, 3.8) is 0 Å². The van der Waals surface area contributed by atoms with E-state index in [0.717, 1.165) is 0 Å². The first-order valence-corrected chi connectivity index (χ1v) is 5.70. The van der Waals surface area contributed by atoms with Crippen LogP contribution in [-0.4, -0.2) is 31.4 Å². The molecule has 5 heteroatoms. The van der Waals surface area contributed by atoms with E-state index in [1.54, 1.807) is 24.3 Å². The summed E-state index contributed by atoms with van der Waals surface area (Å²) in [5, 5.41) is 2.72. The van der Waals surface area contributed by atoms with Crippen LogP contribution >= 0.6 is 0 Å². The van der Waals surface area contributed by atoms with Crippen LogP contribution in [0.25, 0.3) is 0 Å². The van der Waals surface area contributed by atoms with Crippen molar-refractivity contribution in [2.24, 2.45) is 5.73 Å².